The molecule has 2 unspecified atom stereocenters. The number of benzene rings is 1. The van der Waals surface area contributed by atoms with Crippen molar-refractivity contribution in [3.05, 3.63) is 28.2 Å². The number of halogens is 1. The highest BCUT2D eigenvalue weighted by Gasteiger charge is 2.23. The first-order valence-electron chi connectivity index (χ1n) is 6.99. The maximum atomic E-state index is 9.15. The molecular formula is C15H23BrN2O. The van der Waals surface area contributed by atoms with Gasteiger partial charge in [-0.1, -0.05) is 22.0 Å². The van der Waals surface area contributed by atoms with Crippen molar-refractivity contribution in [3.8, 4) is 0 Å². The zero-order chi connectivity index (χ0) is 13.8. The Kier molecular flexibility index (Phi) is 5.25. The predicted molar refractivity (Wildman–Crippen MR) is 83.8 cm³/mol. The SMILES string of the molecule is Cc1ccc(N2CC(CCO)NCCC2C)cc1Br. The van der Waals surface area contributed by atoms with Gasteiger partial charge in [-0.2, -0.15) is 0 Å². The topological polar surface area (TPSA) is 35.5 Å². The van der Waals surface area contributed by atoms with Crippen LogP contribution in [0.1, 0.15) is 25.3 Å². The molecule has 1 fully saturated rings. The summed E-state index contributed by atoms with van der Waals surface area (Å²) in [7, 11) is 0. The Morgan fingerprint density at radius 2 is 2.26 bits per heavy atom. The average Bonchev–Trinajstić information content (AvgIpc) is 2.56. The molecule has 0 bridgehead atoms. The Morgan fingerprint density at radius 3 is 2.95 bits per heavy atom. The summed E-state index contributed by atoms with van der Waals surface area (Å²) in [5.74, 6) is 0. The van der Waals surface area contributed by atoms with Gasteiger partial charge in [-0.15, -0.1) is 0 Å². The van der Waals surface area contributed by atoms with Crippen molar-refractivity contribution < 1.29 is 5.11 Å². The molecule has 0 amide bonds. The van der Waals surface area contributed by atoms with Crippen LogP contribution in [0.15, 0.2) is 22.7 Å². The van der Waals surface area contributed by atoms with Crippen molar-refractivity contribution in [1.82, 2.24) is 5.32 Å². The highest BCUT2D eigenvalue weighted by molar-refractivity contribution is 9.10. The van der Waals surface area contributed by atoms with Crippen LogP contribution in [-0.2, 0) is 0 Å². The number of aliphatic hydroxyl groups excluding tert-OH is 1. The highest BCUT2D eigenvalue weighted by Crippen LogP contribution is 2.26. The summed E-state index contributed by atoms with van der Waals surface area (Å²) >= 11 is 3.62. The van der Waals surface area contributed by atoms with Gasteiger partial charge in [-0.3, -0.25) is 0 Å². The second kappa shape index (κ2) is 6.73. The van der Waals surface area contributed by atoms with Crippen LogP contribution in [0.3, 0.4) is 0 Å². The molecule has 0 aliphatic carbocycles. The second-order valence-corrected chi connectivity index (χ2v) is 6.24. The number of aryl methyl sites for hydroxylation is 1. The summed E-state index contributed by atoms with van der Waals surface area (Å²) in [6, 6.07) is 7.44. The predicted octanol–water partition coefficient (Wildman–Crippen LogP) is 2.70. The zero-order valence-electron chi connectivity index (χ0n) is 11.7. The third-order valence-corrected chi connectivity index (χ3v) is 4.76. The van der Waals surface area contributed by atoms with Gasteiger partial charge in [0, 0.05) is 35.4 Å². The van der Waals surface area contributed by atoms with Crippen LogP contribution < -0.4 is 10.2 Å². The molecule has 0 saturated carbocycles. The normalized spacial score (nSPS) is 24.3. The lowest BCUT2D eigenvalue weighted by molar-refractivity contribution is 0.267. The molecule has 1 aliphatic heterocycles. The highest BCUT2D eigenvalue weighted by atomic mass is 79.9. The van der Waals surface area contributed by atoms with E-state index in [-0.39, 0.29) is 6.61 Å². The maximum Gasteiger partial charge on any atom is 0.0446 e. The molecule has 0 spiro atoms. The van der Waals surface area contributed by atoms with E-state index in [1.807, 2.05) is 0 Å². The standard InChI is InChI=1S/C15H23BrN2O/c1-11-3-4-14(9-15(11)16)18-10-13(6-8-19)17-7-5-12(18)2/h3-4,9,12-13,17,19H,5-8,10H2,1-2H3. The molecule has 0 aromatic heterocycles. The van der Waals surface area contributed by atoms with Gasteiger partial charge in [0.25, 0.3) is 0 Å². The van der Waals surface area contributed by atoms with E-state index >= 15 is 0 Å². The van der Waals surface area contributed by atoms with Crippen LogP contribution >= 0.6 is 15.9 Å². The van der Waals surface area contributed by atoms with Gasteiger partial charge in [0.2, 0.25) is 0 Å². The molecule has 1 aromatic rings. The summed E-state index contributed by atoms with van der Waals surface area (Å²) in [4.78, 5) is 2.45. The van der Waals surface area contributed by atoms with E-state index in [1.165, 1.54) is 11.3 Å². The van der Waals surface area contributed by atoms with Crippen LogP contribution in [0.25, 0.3) is 0 Å². The van der Waals surface area contributed by atoms with Gasteiger partial charge in [0.1, 0.15) is 0 Å². The Hall–Kier alpha value is -0.580. The van der Waals surface area contributed by atoms with Crippen molar-refractivity contribution in [2.45, 2.75) is 38.8 Å². The molecule has 19 heavy (non-hydrogen) atoms. The molecule has 2 N–H and O–H groups in total. The summed E-state index contributed by atoms with van der Waals surface area (Å²) < 4.78 is 1.16. The largest absolute Gasteiger partial charge is 0.396 e. The van der Waals surface area contributed by atoms with Gasteiger partial charge in [0.15, 0.2) is 0 Å². The van der Waals surface area contributed by atoms with Gasteiger partial charge < -0.3 is 15.3 Å². The molecule has 4 heteroatoms. The summed E-state index contributed by atoms with van der Waals surface area (Å²) in [6.45, 7) is 6.61. The number of hydrogen-bond donors (Lipinski definition) is 2. The fourth-order valence-corrected chi connectivity index (χ4v) is 2.97. The van der Waals surface area contributed by atoms with E-state index in [4.69, 9.17) is 5.11 Å². The lowest BCUT2D eigenvalue weighted by atomic mass is 10.1. The molecule has 1 aliphatic rings. The monoisotopic (exact) mass is 326 g/mol. The number of nitrogens with one attached hydrogen (secondary N) is 1. The van der Waals surface area contributed by atoms with Crippen LogP contribution in [-0.4, -0.2) is 36.9 Å². The molecule has 2 atom stereocenters. The lowest BCUT2D eigenvalue weighted by Gasteiger charge is -2.31. The first-order chi connectivity index (χ1) is 9.11. The molecule has 0 radical (unpaired) electrons. The Morgan fingerprint density at radius 1 is 1.47 bits per heavy atom. The number of hydrogen-bond acceptors (Lipinski definition) is 3. The van der Waals surface area contributed by atoms with Crippen LogP contribution in [0.4, 0.5) is 5.69 Å². The lowest BCUT2D eigenvalue weighted by Crippen LogP contribution is -2.40. The number of anilines is 1. The fourth-order valence-electron chi connectivity index (χ4n) is 2.60. The van der Waals surface area contributed by atoms with Crippen LogP contribution in [0.5, 0.6) is 0 Å². The van der Waals surface area contributed by atoms with Crippen molar-refractivity contribution in [3.63, 3.8) is 0 Å². The minimum absolute atomic E-state index is 0.247. The molecule has 1 aromatic carbocycles. The van der Waals surface area contributed by atoms with Crippen molar-refractivity contribution in [2.75, 3.05) is 24.6 Å². The van der Waals surface area contributed by atoms with Gasteiger partial charge >= 0.3 is 0 Å². The molecule has 1 saturated heterocycles. The maximum absolute atomic E-state index is 9.15. The summed E-state index contributed by atoms with van der Waals surface area (Å²) in [5.41, 5.74) is 2.52. The van der Waals surface area contributed by atoms with Crippen molar-refractivity contribution >= 4 is 21.6 Å². The summed E-state index contributed by atoms with van der Waals surface area (Å²) in [6.07, 6.45) is 1.95. The quantitative estimate of drug-likeness (QED) is 0.896. The molecule has 3 nitrogen and oxygen atoms in total. The average molecular weight is 327 g/mol. The number of rotatable bonds is 3. The Balaban J connectivity index is 2.20. The first kappa shape index (κ1) is 14.8. The van der Waals surface area contributed by atoms with Gasteiger partial charge in [-0.25, -0.2) is 0 Å². The van der Waals surface area contributed by atoms with Gasteiger partial charge in [0.05, 0.1) is 0 Å². The Bertz CT molecular complexity index is 425. The van der Waals surface area contributed by atoms with E-state index in [2.05, 4.69) is 58.2 Å². The minimum Gasteiger partial charge on any atom is -0.396 e. The number of nitrogens with zero attached hydrogens (tertiary/aromatic N) is 1. The molecule has 106 valence electrons. The second-order valence-electron chi connectivity index (χ2n) is 5.39. The van der Waals surface area contributed by atoms with Crippen LogP contribution in [0.2, 0.25) is 0 Å². The van der Waals surface area contributed by atoms with E-state index in [9.17, 15) is 0 Å². The van der Waals surface area contributed by atoms with Crippen LogP contribution in [0, 0.1) is 6.92 Å². The summed E-state index contributed by atoms with van der Waals surface area (Å²) in [5, 5.41) is 12.7. The Labute approximate surface area is 124 Å². The van der Waals surface area contributed by atoms with E-state index in [1.54, 1.807) is 0 Å². The molecule has 2 rings (SSSR count). The van der Waals surface area contributed by atoms with E-state index < -0.39 is 0 Å². The smallest absolute Gasteiger partial charge is 0.0446 e. The van der Waals surface area contributed by atoms with E-state index in [0.717, 1.165) is 30.4 Å². The molecule has 1 heterocycles. The first-order valence-corrected chi connectivity index (χ1v) is 7.78. The van der Waals surface area contributed by atoms with Crippen molar-refractivity contribution in [1.29, 1.82) is 0 Å². The molecular weight excluding hydrogens is 304 g/mol. The third kappa shape index (κ3) is 3.71. The fraction of sp³-hybridized carbons (Fsp3) is 0.600. The zero-order valence-corrected chi connectivity index (χ0v) is 13.3. The van der Waals surface area contributed by atoms with Crippen molar-refractivity contribution in [2.24, 2.45) is 0 Å². The minimum atomic E-state index is 0.247. The number of aliphatic hydroxyl groups is 1. The third-order valence-electron chi connectivity index (χ3n) is 3.91. The van der Waals surface area contributed by atoms with Gasteiger partial charge in [-0.05, 0) is 50.9 Å². The van der Waals surface area contributed by atoms with E-state index in [0.29, 0.717) is 12.1 Å².